The third-order valence-electron chi connectivity index (χ3n) is 12.0. The first-order chi connectivity index (χ1) is 44.0. The van der Waals surface area contributed by atoms with Crippen LogP contribution in [0.2, 0.25) is 0 Å². The number of hydrogen-bond donors (Lipinski definition) is 5. The first-order valence-electron chi connectivity index (χ1n) is 26.3. The van der Waals surface area contributed by atoms with Crippen molar-refractivity contribution in [2.75, 3.05) is 35.5 Å². The fourth-order valence-electron chi connectivity index (χ4n) is 7.46. The van der Waals surface area contributed by atoms with Gasteiger partial charge in [-0.1, -0.05) is 60.5 Å². The Balaban J connectivity index is 0.000000208. The number of aromatic hydroxyl groups is 5. The number of carbonyl (C=O) groups is 6. The number of Topliss-reactive ketones (excluding diaryl/α,β-unsaturated/α-hetero) is 1. The van der Waals surface area contributed by atoms with Crippen LogP contribution < -0.4 is 23.7 Å². The summed E-state index contributed by atoms with van der Waals surface area (Å²) in [5, 5.41) is 50.6. The zero-order valence-corrected chi connectivity index (χ0v) is 51.6. The normalized spacial score (nSPS) is 9.54. The number of aldehydes is 5. The van der Waals surface area contributed by atoms with E-state index in [0.29, 0.717) is 63.9 Å². The number of thiophene rings is 2. The Labute approximate surface area is 541 Å². The van der Waals surface area contributed by atoms with Gasteiger partial charge in [0.1, 0.15) is 11.4 Å². The predicted octanol–water partition coefficient (Wildman–Crippen LogP) is 12.8. The van der Waals surface area contributed by atoms with Gasteiger partial charge in [0, 0.05) is 51.9 Å². The SMILES string of the molecule is C.COc1cc(-c2ccc(C(C)=O)s2)cc(C=O)c1O.COc1cc(C#Cc2cccnc2)cc(C=O)c1O.COc1cc(C#Cc2cccs2)cc(C=O)c1O.COc1ncc(-c2cc(C=O)c(O)c(OC)c2)s1.O=Cc1cc(C#Cc2ccccn2)ccc1O. The minimum Gasteiger partial charge on any atom is -0.507 e. The van der Waals surface area contributed by atoms with E-state index >= 15 is 0 Å². The van der Waals surface area contributed by atoms with Crippen molar-refractivity contribution in [2.24, 2.45) is 0 Å². The van der Waals surface area contributed by atoms with Crippen LogP contribution in [0.15, 0.2) is 151 Å². The van der Waals surface area contributed by atoms with Crippen LogP contribution >= 0.6 is 34.0 Å². The number of phenolic OH excluding ortho intramolecular Hbond substituents is 5. The van der Waals surface area contributed by atoms with E-state index in [9.17, 15) is 54.3 Å². The summed E-state index contributed by atoms with van der Waals surface area (Å²) in [5.74, 6) is 17.7. The van der Waals surface area contributed by atoms with Crippen molar-refractivity contribution in [3.05, 3.63) is 217 Å². The summed E-state index contributed by atoms with van der Waals surface area (Å²) in [6.45, 7) is 1.50. The lowest BCUT2D eigenvalue weighted by molar-refractivity contribution is 0.101. The monoisotopic (exact) mass is 1290 g/mol. The molecule has 0 spiro atoms. The van der Waals surface area contributed by atoms with Gasteiger partial charge in [-0.25, -0.2) is 9.97 Å². The number of rotatable bonds is 13. The number of phenols is 5. The lowest BCUT2D eigenvalue weighted by Crippen LogP contribution is -1.90. The summed E-state index contributed by atoms with van der Waals surface area (Å²) in [7, 11) is 7.24. The van der Waals surface area contributed by atoms with Crippen LogP contribution in [0.5, 0.6) is 56.9 Å². The molecule has 0 aliphatic carbocycles. The Bertz CT molecular complexity index is 4400. The summed E-state index contributed by atoms with van der Waals surface area (Å²) < 4.78 is 25.1. The predicted molar refractivity (Wildman–Crippen MR) is 352 cm³/mol. The fraction of sp³-hybridized carbons (Fsp3) is 0.100. The zero-order chi connectivity index (χ0) is 65.8. The third-order valence-corrected chi connectivity index (χ3v) is 15.0. The quantitative estimate of drug-likeness (QED) is 0.0407. The van der Waals surface area contributed by atoms with Crippen molar-refractivity contribution in [1.29, 1.82) is 0 Å². The molecule has 5 aromatic carbocycles. The van der Waals surface area contributed by atoms with Crippen LogP contribution in [0.3, 0.4) is 0 Å². The first kappa shape index (κ1) is 70.9. The van der Waals surface area contributed by atoms with E-state index in [2.05, 4.69) is 50.5 Å². The molecule has 92 heavy (non-hydrogen) atoms. The number of benzene rings is 5. The van der Waals surface area contributed by atoms with E-state index in [-0.39, 0.29) is 92.8 Å². The molecule has 0 unspecified atom stereocenters. The molecule has 0 fully saturated rings. The van der Waals surface area contributed by atoms with E-state index in [0.717, 1.165) is 31.3 Å². The summed E-state index contributed by atoms with van der Waals surface area (Å²) in [6.07, 6.45) is 9.51. The Morgan fingerprint density at radius 3 is 1.45 bits per heavy atom. The van der Waals surface area contributed by atoms with Crippen LogP contribution in [0.25, 0.3) is 20.9 Å². The highest BCUT2D eigenvalue weighted by molar-refractivity contribution is 7.17. The van der Waals surface area contributed by atoms with Crippen LogP contribution in [-0.2, 0) is 0 Å². The summed E-state index contributed by atoms with van der Waals surface area (Å²) in [5.41, 5.74) is 5.66. The smallest absolute Gasteiger partial charge is 0.273 e. The number of hydrogen-bond acceptors (Lipinski definition) is 22. The molecule has 22 heteroatoms. The molecule has 466 valence electrons. The standard InChI is InChI=1S/C15H11NO3.C14H9NO2.C14H12O4S.C14H10O3S.C12H11NO4S.CH4/c1-19-14-8-12(7-13(10-17)15(14)18)5-4-11-3-2-6-16-9-11;16-10-12-9-11(5-7-14(12)17)4-6-13-3-1-2-8-15-13;1-8(16)12-3-4-13(19-12)9-5-10(7-15)14(17)11(6-9)18-2;1-17-13-8-10(7-11(9-15)14(13)16)4-5-12-3-2-6-18-12;1-16-9-4-7(3-8(6-14)11(9)15)10-5-13-12(17-2)18-10;/h2-3,6-10,18H,1H3;1-3,5,7-10,17H;3-7,17H,1-2H3;2-3,6-9,16H,1H3;3-6,15H,1-2H3;1H4. The fourth-order valence-corrected chi connectivity index (χ4v) is 9.64. The molecule has 0 bridgehead atoms. The Hall–Kier alpha value is -11.9. The highest BCUT2D eigenvalue weighted by Crippen LogP contribution is 2.39. The Morgan fingerprint density at radius 2 is 0.978 bits per heavy atom. The summed E-state index contributed by atoms with van der Waals surface area (Å²) in [6, 6.07) is 33.8. The lowest BCUT2D eigenvalue weighted by Gasteiger charge is -2.07. The molecule has 0 saturated heterocycles. The largest absolute Gasteiger partial charge is 0.507 e. The van der Waals surface area contributed by atoms with Gasteiger partial charge in [0.25, 0.3) is 5.19 Å². The second-order valence-corrected chi connectivity index (χ2v) is 21.0. The molecule has 10 aromatic rings. The number of ether oxygens (including phenoxy) is 5. The van der Waals surface area contributed by atoms with E-state index in [1.807, 2.05) is 41.8 Å². The van der Waals surface area contributed by atoms with E-state index in [4.69, 9.17) is 23.7 Å². The maximum Gasteiger partial charge on any atom is 0.273 e. The highest BCUT2D eigenvalue weighted by atomic mass is 32.1. The van der Waals surface area contributed by atoms with Gasteiger partial charge in [0.2, 0.25) is 0 Å². The van der Waals surface area contributed by atoms with E-state index in [1.54, 1.807) is 96.8 Å². The molecule has 0 atom stereocenters. The van der Waals surface area contributed by atoms with Crippen molar-refractivity contribution in [3.63, 3.8) is 0 Å². The summed E-state index contributed by atoms with van der Waals surface area (Å²) >= 11 is 4.22. The maximum atomic E-state index is 11.3. The van der Waals surface area contributed by atoms with Crippen molar-refractivity contribution in [3.8, 4) is 113 Å². The van der Waals surface area contributed by atoms with Crippen LogP contribution in [-0.4, -0.2) is 113 Å². The molecule has 0 radical (unpaired) electrons. The number of methoxy groups -OCH3 is 5. The number of aromatic nitrogens is 3. The van der Waals surface area contributed by atoms with Gasteiger partial charge < -0.3 is 49.2 Å². The van der Waals surface area contributed by atoms with Gasteiger partial charge in [-0.15, -0.1) is 22.7 Å². The molecule has 5 N–H and O–H groups in total. The van der Waals surface area contributed by atoms with Gasteiger partial charge in [-0.3, -0.25) is 33.8 Å². The average molecular weight is 1290 g/mol. The Morgan fingerprint density at radius 1 is 0.457 bits per heavy atom. The van der Waals surface area contributed by atoms with Gasteiger partial charge in [-0.2, -0.15) is 0 Å². The van der Waals surface area contributed by atoms with Gasteiger partial charge >= 0.3 is 0 Å². The molecule has 0 aliphatic heterocycles. The molecular formula is C70H57N3O16S3. The Kier molecular flexibility index (Phi) is 27.6. The average Bonchev–Trinajstić information content (AvgIpc) is 1.66. The second kappa shape index (κ2) is 35.8. The highest BCUT2D eigenvalue weighted by Gasteiger charge is 2.16. The molecule has 5 heterocycles. The summed E-state index contributed by atoms with van der Waals surface area (Å²) in [4.78, 5) is 80.7. The zero-order valence-electron chi connectivity index (χ0n) is 49.1. The van der Waals surface area contributed by atoms with E-state index < -0.39 is 0 Å². The van der Waals surface area contributed by atoms with Crippen LogP contribution in [0.1, 0.15) is 109 Å². The number of thiazole rings is 1. The number of ketones is 1. The topological polar surface area (TPSA) is 288 Å². The van der Waals surface area contributed by atoms with Crippen molar-refractivity contribution < 1.29 is 78.0 Å². The third kappa shape index (κ3) is 19.8. The molecule has 0 amide bonds. The maximum absolute atomic E-state index is 11.3. The van der Waals surface area contributed by atoms with Crippen molar-refractivity contribution in [2.45, 2.75) is 14.4 Å². The van der Waals surface area contributed by atoms with Crippen molar-refractivity contribution >= 4 is 71.2 Å². The molecule has 10 rings (SSSR count). The number of pyridine rings is 2. The van der Waals surface area contributed by atoms with Crippen LogP contribution in [0.4, 0.5) is 0 Å². The molecule has 5 aromatic heterocycles. The van der Waals surface area contributed by atoms with Gasteiger partial charge in [-0.05, 0) is 139 Å². The minimum atomic E-state index is -0.176. The van der Waals surface area contributed by atoms with Gasteiger partial charge in [0.05, 0.1) is 78.0 Å². The van der Waals surface area contributed by atoms with Crippen molar-refractivity contribution in [1.82, 2.24) is 15.0 Å². The minimum absolute atomic E-state index is 0. The second-order valence-electron chi connectivity index (χ2n) is 17.9. The first-order valence-corrected chi connectivity index (χ1v) is 28.8. The molecule has 19 nitrogen and oxygen atoms in total. The van der Waals surface area contributed by atoms with E-state index in [1.165, 1.54) is 89.4 Å². The molecular weight excluding hydrogens is 1230 g/mol. The molecule has 0 saturated carbocycles. The van der Waals surface area contributed by atoms with Gasteiger partial charge in [0.15, 0.2) is 83.2 Å². The molecule has 0 aliphatic rings. The number of carbonyl (C=O) groups excluding carboxylic acids is 6. The number of nitrogens with zero attached hydrogens (tertiary/aromatic N) is 3. The lowest BCUT2D eigenvalue weighted by atomic mass is 10.1. The van der Waals surface area contributed by atoms with Crippen LogP contribution in [0, 0.1) is 35.5 Å².